The second-order valence-electron chi connectivity index (χ2n) is 6.45. The largest absolute Gasteiger partial charge is 0.383 e. The summed E-state index contributed by atoms with van der Waals surface area (Å²) in [7, 11) is 0. The zero-order valence-electron chi connectivity index (χ0n) is 16.2. The van der Waals surface area contributed by atoms with E-state index in [1.165, 1.54) is 31.7 Å². The normalized spacial score (nSPS) is 11.1. The van der Waals surface area contributed by atoms with E-state index < -0.39 is 17.2 Å². The molecule has 3 aromatic rings. The van der Waals surface area contributed by atoms with Crippen LogP contribution < -0.4 is 27.4 Å². The predicted octanol–water partition coefficient (Wildman–Crippen LogP) is 0.743. The second kappa shape index (κ2) is 8.43. The molecule has 0 fully saturated rings. The molecule has 10 nitrogen and oxygen atoms in total. The number of hydrogen-bond acceptors (Lipinski definition) is 7. The molecular formula is C18H22N6O4S. The maximum Gasteiger partial charge on any atom is 0.330 e. The number of unbranched alkanes of at least 4 members (excludes halogenated alkanes) is 1. The van der Waals surface area contributed by atoms with Crippen molar-refractivity contribution in [2.45, 2.75) is 39.8 Å². The summed E-state index contributed by atoms with van der Waals surface area (Å²) in [5, 5.41) is 2.18. The molecule has 0 spiro atoms. The van der Waals surface area contributed by atoms with Crippen molar-refractivity contribution in [3.05, 3.63) is 49.0 Å². The van der Waals surface area contributed by atoms with E-state index >= 15 is 0 Å². The third kappa shape index (κ3) is 3.86. The number of carbonyl (C=O) groups is 1. The van der Waals surface area contributed by atoms with Crippen LogP contribution in [0.5, 0.6) is 0 Å². The molecule has 0 radical (unpaired) electrons. The number of rotatable bonds is 7. The first-order valence-electron chi connectivity index (χ1n) is 9.24. The topological polar surface area (TPSA) is 136 Å². The van der Waals surface area contributed by atoms with Crippen molar-refractivity contribution in [3.8, 4) is 0 Å². The molecule has 0 saturated carbocycles. The molecule has 0 aliphatic heterocycles. The van der Waals surface area contributed by atoms with E-state index in [0.29, 0.717) is 23.2 Å². The number of likely N-dealkylation sites (N-methyl/N-ethyl adjacent to an activating group) is 1. The number of fused-ring (bicyclic) bond motifs is 1. The lowest BCUT2D eigenvalue weighted by Gasteiger charge is -2.23. The van der Waals surface area contributed by atoms with Crippen LogP contribution in [0.1, 0.15) is 26.7 Å². The van der Waals surface area contributed by atoms with Gasteiger partial charge in [-0.05, 0) is 24.8 Å². The van der Waals surface area contributed by atoms with Gasteiger partial charge in [0.1, 0.15) is 17.2 Å². The van der Waals surface area contributed by atoms with E-state index in [1.54, 1.807) is 18.4 Å². The standard InChI is InChI=1S/C18H22N6O4S/c1-3-5-7-24-14(19)13(15(26)21-18(24)28)23(4-2)12(25)9-22-10-20-16-11(17(22)27)6-8-29-16/h6,8,10H,3-5,7,9,19H2,1-2H3,(H,21,26,28). The monoisotopic (exact) mass is 418 g/mol. The van der Waals surface area contributed by atoms with Gasteiger partial charge >= 0.3 is 5.69 Å². The van der Waals surface area contributed by atoms with Crippen LogP contribution in [0.2, 0.25) is 0 Å². The van der Waals surface area contributed by atoms with Crippen molar-refractivity contribution in [1.29, 1.82) is 0 Å². The highest BCUT2D eigenvalue weighted by molar-refractivity contribution is 7.16. The van der Waals surface area contributed by atoms with E-state index in [2.05, 4.69) is 9.97 Å². The molecule has 0 saturated heterocycles. The summed E-state index contributed by atoms with van der Waals surface area (Å²) in [4.78, 5) is 58.2. The Hall–Kier alpha value is -3.21. The fraction of sp³-hybridized carbons (Fsp3) is 0.389. The molecule has 3 aromatic heterocycles. The van der Waals surface area contributed by atoms with Gasteiger partial charge < -0.3 is 10.6 Å². The highest BCUT2D eigenvalue weighted by Crippen LogP contribution is 2.18. The van der Waals surface area contributed by atoms with Crippen LogP contribution in [0.4, 0.5) is 11.5 Å². The number of thiophene rings is 1. The maximum atomic E-state index is 12.9. The first-order valence-corrected chi connectivity index (χ1v) is 10.1. The Morgan fingerprint density at radius 1 is 1.31 bits per heavy atom. The van der Waals surface area contributed by atoms with Gasteiger partial charge in [-0.3, -0.25) is 28.5 Å². The highest BCUT2D eigenvalue weighted by Gasteiger charge is 2.23. The van der Waals surface area contributed by atoms with E-state index in [-0.39, 0.29) is 30.2 Å². The highest BCUT2D eigenvalue weighted by atomic mass is 32.1. The third-order valence-electron chi connectivity index (χ3n) is 4.59. The summed E-state index contributed by atoms with van der Waals surface area (Å²) in [6.45, 7) is 3.81. The fourth-order valence-corrected chi connectivity index (χ4v) is 3.80. The van der Waals surface area contributed by atoms with E-state index in [4.69, 9.17) is 5.73 Å². The van der Waals surface area contributed by atoms with Crippen LogP contribution in [-0.2, 0) is 17.9 Å². The van der Waals surface area contributed by atoms with Crippen LogP contribution in [0.25, 0.3) is 10.2 Å². The second-order valence-corrected chi connectivity index (χ2v) is 7.35. The zero-order valence-corrected chi connectivity index (χ0v) is 17.0. The van der Waals surface area contributed by atoms with E-state index in [9.17, 15) is 19.2 Å². The van der Waals surface area contributed by atoms with Gasteiger partial charge in [-0.15, -0.1) is 11.3 Å². The number of aromatic nitrogens is 4. The van der Waals surface area contributed by atoms with Gasteiger partial charge in [0.25, 0.3) is 11.1 Å². The summed E-state index contributed by atoms with van der Waals surface area (Å²) >= 11 is 1.34. The maximum absolute atomic E-state index is 12.9. The molecule has 29 heavy (non-hydrogen) atoms. The van der Waals surface area contributed by atoms with Crippen molar-refractivity contribution in [3.63, 3.8) is 0 Å². The van der Waals surface area contributed by atoms with E-state index in [0.717, 1.165) is 6.42 Å². The molecule has 1 amide bonds. The molecule has 0 unspecified atom stereocenters. The summed E-state index contributed by atoms with van der Waals surface area (Å²) < 4.78 is 2.44. The third-order valence-corrected chi connectivity index (χ3v) is 5.41. The average Bonchev–Trinajstić information content (AvgIpc) is 3.16. The fourth-order valence-electron chi connectivity index (χ4n) is 3.07. The van der Waals surface area contributed by atoms with Gasteiger partial charge in [-0.25, -0.2) is 9.78 Å². The number of nitrogens with two attached hydrogens (primary N) is 1. The average molecular weight is 418 g/mol. The lowest BCUT2D eigenvalue weighted by Crippen LogP contribution is -2.43. The van der Waals surface area contributed by atoms with Crippen LogP contribution in [0.15, 0.2) is 32.2 Å². The van der Waals surface area contributed by atoms with Gasteiger partial charge in [-0.2, -0.15) is 0 Å². The first kappa shape index (κ1) is 20.5. The quantitative estimate of drug-likeness (QED) is 0.581. The van der Waals surface area contributed by atoms with Crippen LogP contribution in [-0.4, -0.2) is 31.6 Å². The SMILES string of the molecule is CCCCn1c(N)c(N(CC)C(=O)Cn2cnc3sccc3c2=O)c(=O)[nH]c1=O. The Morgan fingerprint density at radius 2 is 2.07 bits per heavy atom. The van der Waals surface area contributed by atoms with Crippen molar-refractivity contribution in [2.75, 3.05) is 17.2 Å². The van der Waals surface area contributed by atoms with Crippen LogP contribution in [0, 0.1) is 0 Å². The minimum atomic E-state index is -0.741. The Balaban J connectivity index is 1.99. The summed E-state index contributed by atoms with van der Waals surface area (Å²) in [5.41, 5.74) is 4.31. The van der Waals surface area contributed by atoms with Gasteiger partial charge in [0.2, 0.25) is 5.91 Å². The molecule has 3 N–H and O–H groups in total. The van der Waals surface area contributed by atoms with Crippen LogP contribution >= 0.6 is 11.3 Å². The minimum Gasteiger partial charge on any atom is -0.383 e. The minimum absolute atomic E-state index is 0.0684. The van der Waals surface area contributed by atoms with Crippen molar-refractivity contribution >= 4 is 39.0 Å². The number of H-pyrrole nitrogens is 1. The van der Waals surface area contributed by atoms with Crippen molar-refractivity contribution in [1.82, 2.24) is 19.1 Å². The zero-order chi connectivity index (χ0) is 21.1. The van der Waals surface area contributed by atoms with E-state index in [1.807, 2.05) is 6.92 Å². The van der Waals surface area contributed by atoms with Gasteiger partial charge in [0.05, 0.1) is 11.7 Å². The van der Waals surface area contributed by atoms with Crippen molar-refractivity contribution < 1.29 is 4.79 Å². The van der Waals surface area contributed by atoms with Gasteiger partial charge in [0, 0.05) is 13.1 Å². The number of aromatic amines is 1. The number of amides is 1. The molecule has 154 valence electrons. The summed E-state index contributed by atoms with van der Waals surface area (Å²) in [6.07, 6.45) is 2.83. The number of nitrogens with zero attached hydrogens (tertiary/aromatic N) is 4. The Kier molecular flexibility index (Phi) is 5.97. The van der Waals surface area contributed by atoms with Gasteiger partial charge in [-0.1, -0.05) is 13.3 Å². The molecule has 3 heterocycles. The van der Waals surface area contributed by atoms with Gasteiger partial charge in [0.15, 0.2) is 5.69 Å². The van der Waals surface area contributed by atoms with Crippen LogP contribution in [0.3, 0.4) is 0 Å². The number of nitrogens with one attached hydrogen (secondary N) is 1. The smallest absolute Gasteiger partial charge is 0.330 e. The Bertz CT molecular complexity index is 1220. The Labute approximate surface area is 169 Å². The molecule has 0 aromatic carbocycles. The molecule has 0 aliphatic carbocycles. The lowest BCUT2D eigenvalue weighted by molar-refractivity contribution is -0.119. The molecule has 0 aliphatic rings. The summed E-state index contributed by atoms with van der Waals surface area (Å²) in [5.74, 6) is -0.579. The predicted molar refractivity (Wildman–Crippen MR) is 113 cm³/mol. The molecule has 0 atom stereocenters. The number of anilines is 2. The number of nitrogen functional groups attached to an aromatic ring is 1. The lowest BCUT2D eigenvalue weighted by atomic mass is 10.3. The first-order chi connectivity index (χ1) is 13.9. The number of carbonyl (C=O) groups excluding carboxylic acids is 1. The summed E-state index contributed by atoms with van der Waals surface area (Å²) in [6, 6.07) is 1.65. The molecule has 11 heteroatoms. The Morgan fingerprint density at radius 3 is 2.76 bits per heavy atom. The molecular weight excluding hydrogens is 396 g/mol. The molecule has 0 bridgehead atoms. The number of hydrogen-bond donors (Lipinski definition) is 2. The van der Waals surface area contributed by atoms with Crippen molar-refractivity contribution in [2.24, 2.45) is 0 Å². The molecule has 3 rings (SSSR count).